The number of nitrogens with zero attached hydrogens (tertiary/aromatic N) is 1. The third-order valence-corrected chi connectivity index (χ3v) is 7.29. The molecular weight excluding hydrogens is 436 g/mol. The summed E-state index contributed by atoms with van der Waals surface area (Å²) in [6.45, 7) is 5.49. The summed E-state index contributed by atoms with van der Waals surface area (Å²) in [4.78, 5) is 13.1. The molecule has 0 aliphatic rings. The Labute approximate surface area is 196 Å². The monoisotopic (exact) mass is 466 g/mol. The molecule has 0 saturated carbocycles. The Morgan fingerprint density at radius 2 is 1.70 bits per heavy atom. The van der Waals surface area contributed by atoms with Crippen LogP contribution in [0.15, 0.2) is 77.7 Å². The Hall–Kier alpha value is -3.32. The van der Waals surface area contributed by atoms with Gasteiger partial charge < -0.3 is 10.1 Å². The maximum atomic E-state index is 13.5. The number of ether oxygens (including phenoxy) is 1. The molecule has 33 heavy (non-hydrogen) atoms. The summed E-state index contributed by atoms with van der Waals surface area (Å²) in [6.07, 6.45) is 0.938. The molecule has 1 amide bonds. The van der Waals surface area contributed by atoms with Gasteiger partial charge in [0.1, 0.15) is 12.3 Å². The summed E-state index contributed by atoms with van der Waals surface area (Å²) in [5.41, 5.74) is 3.47. The molecule has 0 radical (unpaired) electrons. The van der Waals surface area contributed by atoms with Crippen LogP contribution in [0.4, 0.5) is 5.69 Å². The zero-order valence-corrected chi connectivity index (χ0v) is 20.2. The molecule has 0 aromatic heterocycles. The van der Waals surface area contributed by atoms with E-state index in [1.807, 2.05) is 38.1 Å². The van der Waals surface area contributed by atoms with Gasteiger partial charge >= 0.3 is 0 Å². The minimum Gasteiger partial charge on any atom is -0.497 e. The average Bonchev–Trinajstić information content (AvgIpc) is 2.82. The normalized spacial score (nSPS) is 12.1. The van der Waals surface area contributed by atoms with Crippen LogP contribution >= 0.6 is 0 Å². The molecule has 6 nitrogen and oxygen atoms in total. The molecule has 0 saturated heterocycles. The van der Waals surface area contributed by atoms with Gasteiger partial charge in [0.15, 0.2) is 0 Å². The molecule has 1 N–H and O–H groups in total. The summed E-state index contributed by atoms with van der Waals surface area (Å²) >= 11 is 0. The summed E-state index contributed by atoms with van der Waals surface area (Å²) in [5.74, 6) is 0.0990. The van der Waals surface area contributed by atoms with E-state index in [4.69, 9.17) is 4.74 Å². The van der Waals surface area contributed by atoms with Gasteiger partial charge in [-0.05, 0) is 55.7 Å². The fourth-order valence-electron chi connectivity index (χ4n) is 3.46. The largest absolute Gasteiger partial charge is 0.497 e. The Bertz CT molecular complexity index is 1190. The van der Waals surface area contributed by atoms with Crippen molar-refractivity contribution >= 4 is 21.6 Å². The van der Waals surface area contributed by atoms with E-state index in [0.29, 0.717) is 11.4 Å². The summed E-state index contributed by atoms with van der Waals surface area (Å²) < 4.78 is 33.4. The van der Waals surface area contributed by atoms with Gasteiger partial charge in [-0.25, -0.2) is 8.42 Å². The lowest BCUT2D eigenvalue weighted by molar-refractivity contribution is -0.120. The SMILES string of the molecule is CCc1ccc(C(C)NC(=O)CN(c2cccc(OC)c2)S(=O)(=O)c2ccc(C)cc2)cc1. The zero-order valence-electron chi connectivity index (χ0n) is 19.4. The maximum Gasteiger partial charge on any atom is 0.264 e. The van der Waals surface area contributed by atoms with Crippen LogP contribution in [-0.2, 0) is 21.2 Å². The molecule has 0 heterocycles. The highest BCUT2D eigenvalue weighted by Gasteiger charge is 2.28. The molecule has 1 atom stereocenters. The van der Waals surface area contributed by atoms with Crippen LogP contribution in [0, 0.1) is 6.92 Å². The molecular formula is C26H30N2O4S. The standard InChI is InChI=1S/C26H30N2O4S/c1-5-21-11-13-22(14-12-21)20(3)27-26(29)18-28(23-7-6-8-24(17-23)32-4)33(30,31)25-15-9-19(2)10-16-25/h6-17,20H,5,18H2,1-4H3,(H,27,29). The second kappa shape index (κ2) is 10.5. The summed E-state index contributed by atoms with van der Waals surface area (Å²) in [5, 5.41) is 2.92. The number of methoxy groups -OCH3 is 1. The molecule has 3 aromatic rings. The van der Waals surface area contributed by atoms with E-state index in [-0.39, 0.29) is 17.5 Å². The van der Waals surface area contributed by atoms with Crippen molar-refractivity contribution in [2.45, 2.75) is 38.1 Å². The number of sulfonamides is 1. The predicted octanol–water partition coefficient (Wildman–Crippen LogP) is 4.64. The molecule has 7 heteroatoms. The van der Waals surface area contributed by atoms with Crippen molar-refractivity contribution in [1.29, 1.82) is 0 Å². The number of aryl methyl sites for hydroxylation is 2. The third kappa shape index (κ3) is 5.93. The molecule has 0 aliphatic heterocycles. The number of hydrogen-bond donors (Lipinski definition) is 1. The summed E-state index contributed by atoms with van der Waals surface area (Å²) in [7, 11) is -2.47. The minimum absolute atomic E-state index is 0.118. The van der Waals surface area contributed by atoms with Gasteiger partial charge in [0.25, 0.3) is 10.0 Å². The van der Waals surface area contributed by atoms with Crippen molar-refractivity contribution in [1.82, 2.24) is 5.32 Å². The van der Waals surface area contributed by atoms with E-state index in [2.05, 4.69) is 12.2 Å². The van der Waals surface area contributed by atoms with E-state index in [9.17, 15) is 13.2 Å². The molecule has 3 aromatic carbocycles. The van der Waals surface area contributed by atoms with E-state index in [1.165, 1.54) is 12.7 Å². The average molecular weight is 467 g/mol. The second-order valence-corrected chi connectivity index (χ2v) is 9.77. The Kier molecular flexibility index (Phi) is 7.76. The smallest absolute Gasteiger partial charge is 0.264 e. The summed E-state index contributed by atoms with van der Waals surface area (Å²) in [6, 6.07) is 21.0. The molecule has 1 unspecified atom stereocenters. The molecule has 0 spiro atoms. The lowest BCUT2D eigenvalue weighted by Gasteiger charge is -2.25. The number of carbonyl (C=O) groups is 1. The lowest BCUT2D eigenvalue weighted by atomic mass is 10.1. The van der Waals surface area contributed by atoms with Crippen molar-refractivity contribution in [3.8, 4) is 5.75 Å². The number of anilines is 1. The first-order valence-electron chi connectivity index (χ1n) is 10.9. The highest BCUT2D eigenvalue weighted by molar-refractivity contribution is 7.92. The van der Waals surface area contributed by atoms with Crippen LogP contribution in [0.25, 0.3) is 0 Å². The van der Waals surface area contributed by atoms with Crippen molar-refractivity contribution < 1.29 is 17.9 Å². The van der Waals surface area contributed by atoms with Crippen LogP contribution < -0.4 is 14.4 Å². The first-order chi connectivity index (χ1) is 15.7. The molecule has 0 aliphatic carbocycles. The molecule has 0 bridgehead atoms. The zero-order chi connectivity index (χ0) is 24.0. The van der Waals surface area contributed by atoms with Crippen molar-refractivity contribution in [2.24, 2.45) is 0 Å². The lowest BCUT2D eigenvalue weighted by Crippen LogP contribution is -2.41. The van der Waals surface area contributed by atoms with Gasteiger partial charge in [-0.15, -0.1) is 0 Å². The predicted molar refractivity (Wildman–Crippen MR) is 131 cm³/mol. The number of amides is 1. The Morgan fingerprint density at radius 3 is 2.30 bits per heavy atom. The fourth-order valence-corrected chi connectivity index (χ4v) is 4.87. The quantitative estimate of drug-likeness (QED) is 0.499. The van der Waals surface area contributed by atoms with E-state index in [0.717, 1.165) is 21.9 Å². The first-order valence-corrected chi connectivity index (χ1v) is 12.3. The van der Waals surface area contributed by atoms with Crippen molar-refractivity contribution in [2.75, 3.05) is 18.0 Å². The van der Waals surface area contributed by atoms with Gasteiger partial charge in [-0.2, -0.15) is 0 Å². The number of benzene rings is 3. The molecule has 0 fully saturated rings. The molecule has 3 rings (SSSR count). The number of rotatable bonds is 9. The van der Waals surface area contributed by atoms with Gasteiger partial charge in [0, 0.05) is 6.07 Å². The third-order valence-electron chi connectivity index (χ3n) is 5.50. The van der Waals surface area contributed by atoms with Gasteiger partial charge in [-0.1, -0.05) is 55.0 Å². The Balaban J connectivity index is 1.88. The van der Waals surface area contributed by atoms with E-state index >= 15 is 0 Å². The number of carbonyl (C=O) groups excluding carboxylic acids is 1. The highest BCUT2D eigenvalue weighted by Crippen LogP contribution is 2.27. The topological polar surface area (TPSA) is 75.7 Å². The first kappa shape index (κ1) is 24.3. The van der Waals surface area contributed by atoms with Crippen LogP contribution in [-0.4, -0.2) is 28.0 Å². The van der Waals surface area contributed by atoms with Crippen LogP contribution in [0.3, 0.4) is 0 Å². The Morgan fingerprint density at radius 1 is 1.03 bits per heavy atom. The van der Waals surface area contributed by atoms with Crippen LogP contribution in [0.5, 0.6) is 5.75 Å². The van der Waals surface area contributed by atoms with E-state index in [1.54, 1.807) is 48.5 Å². The van der Waals surface area contributed by atoms with Crippen LogP contribution in [0.2, 0.25) is 0 Å². The van der Waals surface area contributed by atoms with Gasteiger partial charge in [0.05, 0.1) is 23.7 Å². The van der Waals surface area contributed by atoms with Crippen LogP contribution in [0.1, 0.15) is 36.6 Å². The maximum absolute atomic E-state index is 13.5. The fraction of sp³-hybridized carbons (Fsp3) is 0.269. The van der Waals surface area contributed by atoms with Gasteiger partial charge in [0.2, 0.25) is 5.91 Å². The van der Waals surface area contributed by atoms with Crippen molar-refractivity contribution in [3.63, 3.8) is 0 Å². The number of hydrogen-bond acceptors (Lipinski definition) is 4. The van der Waals surface area contributed by atoms with Gasteiger partial charge in [-0.3, -0.25) is 9.10 Å². The minimum atomic E-state index is -3.98. The second-order valence-electron chi connectivity index (χ2n) is 7.91. The van der Waals surface area contributed by atoms with E-state index < -0.39 is 15.9 Å². The van der Waals surface area contributed by atoms with Crippen molar-refractivity contribution in [3.05, 3.63) is 89.5 Å². The molecule has 174 valence electrons. The number of nitrogens with one attached hydrogen (secondary N) is 1. The highest BCUT2D eigenvalue weighted by atomic mass is 32.2.